The highest BCUT2D eigenvalue weighted by Crippen LogP contribution is 2.38. The standard InChI is InChI=1S/C19H21Cl3O2/c1-14-15(6-2-8-17(14)23-12-4-10-20)16-7-3-9-18(19(16)22)24-13-5-11-21/h2-3,6-9H,4-5,10-13H2,1H3. The Morgan fingerprint density at radius 3 is 1.96 bits per heavy atom. The molecular weight excluding hydrogens is 367 g/mol. The lowest BCUT2D eigenvalue weighted by atomic mass is 9.99. The molecule has 2 aromatic rings. The van der Waals surface area contributed by atoms with Gasteiger partial charge in [-0.2, -0.15) is 0 Å². The minimum atomic E-state index is 0.549. The highest BCUT2D eigenvalue weighted by atomic mass is 35.5. The van der Waals surface area contributed by atoms with Crippen LogP contribution in [0.25, 0.3) is 11.1 Å². The molecule has 130 valence electrons. The molecule has 2 nitrogen and oxygen atoms in total. The number of rotatable bonds is 9. The van der Waals surface area contributed by atoms with E-state index in [2.05, 4.69) is 0 Å². The van der Waals surface area contributed by atoms with Crippen LogP contribution in [0.4, 0.5) is 0 Å². The SMILES string of the molecule is Cc1c(OCCCCl)cccc1-c1cccc(OCCCCl)c1Cl. The average molecular weight is 388 g/mol. The molecule has 0 radical (unpaired) electrons. The fourth-order valence-corrected chi connectivity index (χ4v) is 2.87. The van der Waals surface area contributed by atoms with E-state index in [0.29, 0.717) is 35.7 Å². The van der Waals surface area contributed by atoms with E-state index in [0.717, 1.165) is 35.3 Å². The Bertz CT molecular complexity index is 602. The molecule has 0 amide bonds. The first-order valence-corrected chi connectivity index (χ1v) is 9.39. The van der Waals surface area contributed by atoms with Gasteiger partial charge in [0.15, 0.2) is 0 Å². The molecule has 0 spiro atoms. The van der Waals surface area contributed by atoms with Gasteiger partial charge in [0.05, 0.1) is 18.2 Å². The third-order valence-electron chi connectivity index (χ3n) is 3.61. The van der Waals surface area contributed by atoms with Crippen molar-refractivity contribution in [2.75, 3.05) is 25.0 Å². The number of benzene rings is 2. The second kappa shape index (κ2) is 10.0. The molecule has 0 aliphatic carbocycles. The quantitative estimate of drug-likeness (QED) is 0.369. The molecule has 0 aromatic heterocycles. The van der Waals surface area contributed by atoms with E-state index in [1.54, 1.807) is 0 Å². The van der Waals surface area contributed by atoms with Crippen molar-refractivity contribution >= 4 is 34.8 Å². The van der Waals surface area contributed by atoms with Crippen molar-refractivity contribution in [1.82, 2.24) is 0 Å². The van der Waals surface area contributed by atoms with Gasteiger partial charge in [-0.3, -0.25) is 0 Å². The Hall–Kier alpha value is -1.09. The van der Waals surface area contributed by atoms with Crippen LogP contribution in [0.5, 0.6) is 11.5 Å². The first-order chi connectivity index (χ1) is 11.7. The maximum Gasteiger partial charge on any atom is 0.138 e. The molecule has 0 bridgehead atoms. The molecule has 0 atom stereocenters. The van der Waals surface area contributed by atoms with Gasteiger partial charge in [0.25, 0.3) is 0 Å². The minimum Gasteiger partial charge on any atom is -0.493 e. The van der Waals surface area contributed by atoms with E-state index in [4.69, 9.17) is 44.3 Å². The van der Waals surface area contributed by atoms with Gasteiger partial charge in [0.1, 0.15) is 11.5 Å². The minimum absolute atomic E-state index is 0.549. The van der Waals surface area contributed by atoms with Crippen LogP contribution in [0.1, 0.15) is 18.4 Å². The van der Waals surface area contributed by atoms with Crippen molar-refractivity contribution in [3.63, 3.8) is 0 Å². The second-order valence-electron chi connectivity index (χ2n) is 5.33. The Morgan fingerprint density at radius 1 is 0.792 bits per heavy atom. The van der Waals surface area contributed by atoms with Crippen LogP contribution in [0.3, 0.4) is 0 Å². The third-order valence-corrected chi connectivity index (χ3v) is 4.53. The molecule has 2 aromatic carbocycles. The molecule has 0 aliphatic heterocycles. The predicted octanol–water partition coefficient (Wildman–Crippen LogP) is 6.33. The molecule has 5 heteroatoms. The lowest BCUT2D eigenvalue weighted by Gasteiger charge is -2.15. The molecule has 0 N–H and O–H groups in total. The summed E-state index contributed by atoms with van der Waals surface area (Å²) in [6.45, 7) is 3.18. The van der Waals surface area contributed by atoms with Crippen LogP contribution < -0.4 is 9.47 Å². The van der Waals surface area contributed by atoms with Crippen LogP contribution in [-0.2, 0) is 0 Å². The first kappa shape index (κ1) is 19.2. The lowest BCUT2D eigenvalue weighted by molar-refractivity contribution is 0.316. The van der Waals surface area contributed by atoms with Gasteiger partial charge in [-0.15, -0.1) is 23.2 Å². The largest absolute Gasteiger partial charge is 0.493 e. The molecule has 0 saturated carbocycles. The number of alkyl halides is 2. The fraction of sp³-hybridized carbons (Fsp3) is 0.368. The second-order valence-corrected chi connectivity index (χ2v) is 6.46. The smallest absolute Gasteiger partial charge is 0.138 e. The summed E-state index contributed by atoms with van der Waals surface area (Å²) in [5, 5.41) is 0.605. The number of hydrogen-bond acceptors (Lipinski definition) is 2. The lowest BCUT2D eigenvalue weighted by Crippen LogP contribution is -2.01. The van der Waals surface area contributed by atoms with Crippen LogP contribution in [0.15, 0.2) is 36.4 Å². The Morgan fingerprint density at radius 2 is 1.33 bits per heavy atom. The van der Waals surface area contributed by atoms with Crippen LogP contribution >= 0.6 is 34.8 Å². The number of hydrogen-bond donors (Lipinski definition) is 0. The highest BCUT2D eigenvalue weighted by Gasteiger charge is 2.13. The molecular formula is C19H21Cl3O2. The number of ether oxygens (including phenoxy) is 2. The first-order valence-electron chi connectivity index (χ1n) is 7.95. The van der Waals surface area contributed by atoms with E-state index < -0.39 is 0 Å². The van der Waals surface area contributed by atoms with Crippen LogP contribution in [0, 0.1) is 6.92 Å². The summed E-state index contributed by atoms with van der Waals surface area (Å²) in [5.41, 5.74) is 3.01. The van der Waals surface area contributed by atoms with Gasteiger partial charge < -0.3 is 9.47 Å². The van der Waals surface area contributed by atoms with E-state index in [-0.39, 0.29) is 0 Å². The normalized spacial score (nSPS) is 10.7. The average Bonchev–Trinajstić information content (AvgIpc) is 2.59. The van der Waals surface area contributed by atoms with E-state index >= 15 is 0 Å². The maximum absolute atomic E-state index is 6.56. The summed E-state index contributed by atoms with van der Waals surface area (Å²) in [4.78, 5) is 0. The van der Waals surface area contributed by atoms with Gasteiger partial charge in [0.2, 0.25) is 0 Å². The van der Waals surface area contributed by atoms with Crippen molar-refractivity contribution in [1.29, 1.82) is 0 Å². The fourth-order valence-electron chi connectivity index (χ4n) is 2.37. The molecule has 0 unspecified atom stereocenters. The summed E-state index contributed by atoms with van der Waals surface area (Å²) in [6, 6.07) is 11.8. The molecule has 0 fully saturated rings. The Labute approximate surface area is 158 Å². The Kier molecular flexibility index (Phi) is 8.04. The summed E-state index contributed by atoms with van der Waals surface area (Å²) in [5.74, 6) is 2.68. The van der Waals surface area contributed by atoms with Crippen molar-refractivity contribution < 1.29 is 9.47 Å². The zero-order chi connectivity index (χ0) is 17.4. The molecule has 0 saturated heterocycles. The van der Waals surface area contributed by atoms with Gasteiger partial charge in [0, 0.05) is 17.3 Å². The third kappa shape index (κ3) is 4.95. The van der Waals surface area contributed by atoms with E-state index in [1.807, 2.05) is 43.3 Å². The van der Waals surface area contributed by atoms with E-state index in [1.165, 1.54) is 0 Å². The highest BCUT2D eigenvalue weighted by molar-refractivity contribution is 6.34. The molecule has 0 aliphatic rings. The van der Waals surface area contributed by atoms with Crippen molar-refractivity contribution in [2.24, 2.45) is 0 Å². The summed E-state index contributed by atoms with van der Waals surface area (Å²) in [6.07, 6.45) is 1.60. The summed E-state index contributed by atoms with van der Waals surface area (Å²) >= 11 is 18.0. The van der Waals surface area contributed by atoms with Crippen molar-refractivity contribution in [3.8, 4) is 22.6 Å². The molecule has 0 heterocycles. The molecule has 24 heavy (non-hydrogen) atoms. The van der Waals surface area contributed by atoms with Crippen LogP contribution in [-0.4, -0.2) is 25.0 Å². The van der Waals surface area contributed by atoms with Gasteiger partial charge in [-0.1, -0.05) is 35.9 Å². The zero-order valence-corrected chi connectivity index (χ0v) is 15.9. The van der Waals surface area contributed by atoms with Gasteiger partial charge >= 0.3 is 0 Å². The monoisotopic (exact) mass is 386 g/mol. The van der Waals surface area contributed by atoms with Crippen molar-refractivity contribution in [2.45, 2.75) is 19.8 Å². The Balaban J connectivity index is 2.27. The summed E-state index contributed by atoms with van der Waals surface area (Å²) < 4.78 is 11.5. The maximum atomic E-state index is 6.56. The zero-order valence-electron chi connectivity index (χ0n) is 13.7. The van der Waals surface area contributed by atoms with Gasteiger partial charge in [-0.25, -0.2) is 0 Å². The molecule has 2 rings (SSSR count). The van der Waals surface area contributed by atoms with E-state index in [9.17, 15) is 0 Å². The van der Waals surface area contributed by atoms with Crippen LogP contribution in [0.2, 0.25) is 5.02 Å². The topological polar surface area (TPSA) is 18.5 Å². The van der Waals surface area contributed by atoms with Crippen molar-refractivity contribution in [3.05, 3.63) is 47.0 Å². The predicted molar refractivity (Wildman–Crippen MR) is 103 cm³/mol. The summed E-state index contributed by atoms with van der Waals surface area (Å²) in [7, 11) is 0. The number of halogens is 3. The van der Waals surface area contributed by atoms with Gasteiger partial charge in [-0.05, 0) is 43.0 Å².